The summed E-state index contributed by atoms with van der Waals surface area (Å²) in [5.41, 5.74) is -0.899. The number of pyridine rings is 1. The van der Waals surface area contributed by atoms with Crippen LogP contribution in [0.2, 0.25) is 0 Å². The summed E-state index contributed by atoms with van der Waals surface area (Å²) in [6, 6.07) is 1.82. The molecule has 1 saturated heterocycles. The zero-order valence-corrected chi connectivity index (χ0v) is 10.0. The Balaban J connectivity index is 1.99. The summed E-state index contributed by atoms with van der Waals surface area (Å²) >= 11 is 0. The topological polar surface area (TPSA) is 51.2 Å². The van der Waals surface area contributed by atoms with Gasteiger partial charge in [-0.05, 0) is 25.0 Å². The number of halogens is 3. The van der Waals surface area contributed by atoms with Gasteiger partial charge in [-0.2, -0.15) is 13.2 Å². The molecule has 0 bridgehead atoms. The number of nitrogens with one attached hydrogen (secondary N) is 1. The molecule has 0 aromatic carbocycles. The lowest BCUT2D eigenvalue weighted by Crippen LogP contribution is -2.40. The summed E-state index contributed by atoms with van der Waals surface area (Å²) < 4.78 is 42.1. The van der Waals surface area contributed by atoms with E-state index in [2.05, 4.69) is 10.3 Å². The van der Waals surface area contributed by atoms with Crippen LogP contribution in [-0.2, 0) is 10.9 Å². The van der Waals surface area contributed by atoms with Gasteiger partial charge < -0.3 is 10.1 Å². The Labute approximate surface area is 108 Å². The summed E-state index contributed by atoms with van der Waals surface area (Å²) in [6.45, 7) is 1.11. The molecule has 2 heterocycles. The van der Waals surface area contributed by atoms with Gasteiger partial charge in [0.05, 0.1) is 18.2 Å². The van der Waals surface area contributed by atoms with Gasteiger partial charge in [-0.25, -0.2) is 0 Å². The van der Waals surface area contributed by atoms with Crippen molar-refractivity contribution in [2.24, 2.45) is 0 Å². The van der Waals surface area contributed by atoms with Crippen molar-refractivity contribution < 1.29 is 22.7 Å². The molecule has 1 atom stereocenters. The van der Waals surface area contributed by atoms with Crippen molar-refractivity contribution >= 4 is 5.91 Å². The highest BCUT2D eigenvalue weighted by atomic mass is 19.4. The number of carbonyl (C=O) groups is 1. The van der Waals surface area contributed by atoms with Crippen LogP contribution >= 0.6 is 0 Å². The fourth-order valence-corrected chi connectivity index (χ4v) is 1.82. The first-order valence-electron chi connectivity index (χ1n) is 5.88. The Morgan fingerprint density at radius 2 is 2.21 bits per heavy atom. The molecule has 1 aliphatic rings. The molecular weight excluding hydrogens is 261 g/mol. The number of aromatic nitrogens is 1. The second-order valence-electron chi connectivity index (χ2n) is 4.32. The van der Waals surface area contributed by atoms with Gasteiger partial charge in [-0.15, -0.1) is 0 Å². The van der Waals surface area contributed by atoms with Gasteiger partial charge >= 0.3 is 6.18 Å². The molecule has 0 radical (unpaired) electrons. The van der Waals surface area contributed by atoms with E-state index in [1.807, 2.05) is 0 Å². The molecular formula is C12H13F3N2O2. The SMILES string of the molecule is O=C(N[C@@H]1CCCOC1)c1ccc(C(F)(F)F)nc1. The van der Waals surface area contributed by atoms with Gasteiger partial charge in [-0.1, -0.05) is 0 Å². The monoisotopic (exact) mass is 274 g/mol. The molecule has 1 N–H and O–H groups in total. The van der Waals surface area contributed by atoms with Gasteiger partial charge in [0.25, 0.3) is 5.91 Å². The molecule has 1 aliphatic heterocycles. The third kappa shape index (κ3) is 3.66. The van der Waals surface area contributed by atoms with Crippen LogP contribution in [0.15, 0.2) is 18.3 Å². The number of alkyl halides is 3. The summed E-state index contributed by atoms with van der Waals surface area (Å²) in [5, 5.41) is 2.71. The second-order valence-corrected chi connectivity index (χ2v) is 4.32. The fourth-order valence-electron chi connectivity index (χ4n) is 1.82. The molecule has 4 nitrogen and oxygen atoms in total. The first-order chi connectivity index (χ1) is 8.97. The molecule has 0 saturated carbocycles. The third-order valence-electron chi connectivity index (χ3n) is 2.81. The third-order valence-corrected chi connectivity index (χ3v) is 2.81. The van der Waals surface area contributed by atoms with Crippen LogP contribution in [-0.4, -0.2) is 30.1 Å². The van der Waals surface area contributed by atoms with Crippen LogP contribution in [0.5, 0.6) is 0 Å². The minimum atomic E-state index is -4.49. The maximum absolute atomic E-state index is 12.3. The number of ether oxygens (including phenoxy) is 1. The minimum Gasteiger partial charge on any atom is -0.379 e. The van der Waals surface area contributed by atoms with E-state index in [-0.39, 0.29) is 11.6 Å². The number of amides is 1. The minimum absolute atomic E-state index is 0.0939. The van der Waals surface area contributed by atoms with Gasteiger partial charge in [-0.3, -0.25) is 9.78 Å². The lowest BCUT2D eigenvalue weighted by atomic mass is 10.1. The van der Waals surface area contributed by atoms with Crippen molar-refractivity contribution in [3.63, 3.8) is 0 Å². The van der Waals surface area contributed by atoms with E-state index in [1.54, 1.807) is 0 Å². The predicted molar refractivity (Wildman–Crippen MR) is 60.5 cm³/mol. The Morgan fingerprint density at radius 1 is 1.42 bits per heavy atom. The van der Waals surface area contributed by atoms with E-state index >= 15 is 0 Å². The summed E-state index contributed by atoms with van der Waals surface area (Å²) in [6.07, 6.45) is -1.90. The number of nitrogens with zero attached hydrogens (tertiary/aromatic N) is 1. The van der Waals surface area contributed by atoms with E-state index in [0.29, 0.717) is 13.2 Å². The number of hydrogen-bond donors (Lipinski definition) is 1. The van der Waals surface area contributed by atoms with Crippen molar-refractivity contribution in [3.05, 3.63) is 29.6 Å². The molecule has 1 fully saturated rings. The van der Waals surface area contributed by atoms with E-state index in [4.69, 9.17) is 4.74 Å². The molecule has 1 aromatic heterocycles. The Bertz CT molecular complexity index is 439. The second kappa shape index (κ2) is 5.56. The summed E-state index contributed by atoms with van der Waals surface area (Å²) in [7, 11) is 0. The van der Waals surface area contributed by atoms with Crippen molar-refractivity contribution in [2.45, 2.75) is 25.1 Å². The summed E-state index contributed by atoms with van der Waals surface area (Å²) in [5.74, 6) is -0.434. The first kappa shape index (κ1) is 13.8. The van der Waals surface area contributed by atoms with Crippen molar-refractivity contribution in [1.82, 2.24) is 10.3 Å². The van der Waals surface area contributed by atoms with Gasteiger partial charge in [0.2, 0.25) is 0 Å². The smallest absolute Gasteiger partial charge is 0.379 e. The molecule has 7 heteroatoms. The highest BCUT2D eigenvalue weighted by Gasteiger charge is 2.32. The predicted octanol–water partition coefficient (Wildman–Crippen LogP) is 2.01. The summed E-state index contributed by atoms with van der Waals surface area (Å²) in [4.78, 5) is 15.0. The van der Waals surface area contributed by atoms with Gasteiger partial charge in [0.15, 0.2) is 0 Å². The quantitative estimate of drug-likeness (QED) is 0.897. The standard InChI is InChI=1S/C12H13F3N2O2/c13-12(14,15)10-4-3-8(6-16-10)11(18)17-9-2-1-5-19-7-9/h3-4,6,9H,1-2,5,7H2,(H,17,18)/t9-/m1/s1. The molecule has 0 unspecified atom stereocenters. The Kier molecular flexibility index (Phi) is 4.04. The molecule has 104 valence electrons. The maximum Gasteiger partial charge on any atom is 0.433 e. The zero-order valence-electron chi connectivity index (χ0n) is 10.0. The highest BCUT2D eigenvalue weighted by Crippen LogP contribution is 2.27. The Hall–Kier alpha value is -1.63. The van der Waals surface area contributed by atoms with E-state index in [9.17, 15) is 18.0 Å². The highest BCUT2D eigenvalue weighted by molar-refractivity contribution is 5.94. The molecule has 1 amide bonds. The average Bonchev–Trinajstić information content (AvgIpc) is 2.39. The van der Waals surface area contributed by atoms with Crippen molar-refractivity contribution in [2.75, 3.05) is 13.2 Å². The maximum atomic E-state index is 12.3. The normalized spacial score (nSPS) is 20.1. The average molecular weight is 274 g/mol. The van der Waals surface area contributed by atoms with Gasteiger partial charge in [0, 0.05) is 12.8 Å². The lowest BCUT2D eigenvalue weighted by molar-refractivity contribution is -0.141. The van der Waals surface area contributed by atoms with Crippen LogP contribution < -0.4 is 5.32 Å². The van der Waals surface area contributed by atoms with Crippen molar-refractivity contribution in [1.29, 1.82) is 0 Å². The number of carbonyl (C=O) groups excluding carboxylic acids is 1. The lowest BCUT2D eigenvalue weighted by Gasteiger charge is -2.23. The van der Waals surface area contributed by atoms with E-state index < -0.39 is 17.8 Å². The van der Waals surface area contributed by atoms with E-state index in [0.717, 1.165) is 31.2 Å². The molecule has 2 rings (SSSR count). The van der Waals surface area contributed by atoms with Crippen LogP contribution in [0.4, 0.5) is 13.2 Å². The van der Waals surface area contributed by atoms with Crippen LogP contribution in [0.25, 0.3) is 0 Å². The number of hydrogen-bond acceptors (Lipinski definition) is 3. The van der Waals surface area contributed by atoms with E-state index in [1.165, 1.54) is 0 Å². The van der Waals surface area contributed by atoms with Crippen LogP contribution in [0.1, 0.15) is 28.9 Å². The molecule has 19 heavy (non-hydrogen) atoms. The first-order valence-corrected chi connectivity index (χ1v) is 5.88. The van der Waals surface area contributed by atoms with Gasteiger partial charge in [0.1, 0.15) is 5.69 Å². The molecule has 0 aliphatic carbocycles. The Morgan fingerprint density at radius 3 is 2.74 bits per heavy atom. The largest absolute Gasteiger partial charge is 0.433 e. The van der Waals surface area contributed by atoms with Crippen LogP contribution in [0, 0.1) is 0 Å². The molecule has 1 aromatic rings. The number of rotatable bonds is 2. The fraction of sp³-hybridized carbons (Fsp3) is 0.500. The van der Waals surface area contributed by atoms with Crippen LogP contribution in [0.3, 0.4) is 0 Å². The zero-order chi connectivity index (χ0) is 13.9. The van der Waals surface area contributed by atoms with Crippen molar-refractivity contribution in [3.8, 4) is 0 Å². The molecule has 0 spiro atoms.